The van der Waals surface area contributed by atoms with Crippen molar-refractivity contribution in [2.24, 2.45) is 0 Å². The number of rotatable bonds is 9. The van der Waals surface area contributed by atoms with Gasteiger partial charge >= 0.3 is 11.9 Å². The number of tetrazole rings is 1. The second-order valence-electron chi connectivity index (χ2n) is 8.02. The zero-order chi connectivity index (χ0) is 24.9. The van der Waals surface area contributed by atoms with Crippen LogP contribution >= 0.6 is 0 Å². The van der Waals surface area contributed by atoms with Crippen molar-refractivity contribution in [1.29, 1.82) is 0 Å². The van der Waals surface area contributed by atoms with Gasteiger partial charge in [-0.2, -0.15) is 0 Å². The summed E-state index contributed by atoms with van der Waals surface area (Å²) >= 11 is 0. The van der Waals surface area contributed by atoms with E-state index in [0.29, 0.717) is 17.9 Å². The van der Waals surface area contributed by atoms with Crippen molar-refractivity contribution in [3.05, 3.63) is 87.3 Å². The third kappa shape index (κ3) is 4.86. The van der Waals surface area contributed by atoms with Gasteiger partial charge in [-0.1, -0.05) is 61.9 Å². The van der Waals surface area contributed by atoms with E-state index in [1.807, 2.05) is 55.5 Å². The first-order valence-electron chi connectivity index (χ1n) is 11.1. The van der Waals surface area contributed by atoms with Crippen LogP contribution in [0.4, 0.5) is 0 Å². The number of aromatic amines is 1. The molecule has 10 nitrogen and oxygen atoms in total. The van der Waals surface area contributed by atoms with Crippen LogP contribution in [-0.2, 0) is 13.0 Å². The van der Waals surface area contributed by atoms with Gasteiger partial charge in [0, 0.05) is 11.3 Å². The van der Waals surface area contributed by atoms with Crippen molar-refractivity contribution in [1.82, 2.24) is 25.2 Å². The number of nitrogens with one attached hydrogen (secondary N) is 1. The summed E-state index contributed by atoms with van der Waals surface area (Å²) in [5.41, 5.74) is 1.87. The average Bonchev–Trinajstić information content (AvgIpc) is 3.39. The van der Waals surface area contributed by atoms with Crippen LogP contribution in [-0.4, -0.2) is 47.3 Å². The van der Waals surface area contributed by atoms with Crippen LogP contribution < -0.4 is 5.56 Å². The molecule has 0 aliphatic carbocycles. The van der Waals surface area contributed by atoms with E-state index in [2.05, 4.69) is 20.6 Å². The highest BCUT2D eigenvalue weighted by molar-refractivity contribution is 6.01. The molecule has 0 amide bonds. The summed E-state index contributed by atoms with van der Waals surface area (Å²) in [4.78, 5) is 36.4. The fraction of sp³-hybridized carbons (Fsp3) is 0.200. The molecule has 178 valence electrons. The maximum absolute atomic E-state index is 13.1. The second-order valence-corrected chi connectivity index (χ2v) is 8.02. The van der Waals surface area contributed by atoms with Gasteiger partial charge in [-0.15, -0.1) is 5.10 Å². The number of hydrogen-bond donors (Lipinski definition) is 3. The van der Waals surface area contributed by atoms with E-state index in [9.17, 15) is 24.6 Å². The molecule has 0 bridgehead atoms. The third-order valence-electron chi connectivity index (χ3n) is 5.75. The summed E-state index contributed by atoms with van der Waals surface area (Å²) in [6.07, 6.45) is 2.03. The van der Waals surface area contributed by atoms with Gasteiger partial charge in [0.25, 0.3) is 5.56 Å². The van der Waals surface area contributed by atoms with E-state index in [1.165, 1.54) is 10.6 Å². The quantitative estimate of drug-likeness (QED) is 0.334. The largest absolute Gasteiger partial charge is 0.478 e. The van der Waals surface area contributed by atoms with E-state index in [4.69, 9.17) is 0 Å². The number of pyridine rings is 1. The SMILES string of the molecule is CCCCc1cc(C(=O)O)c(C(=O)O)c(=O)n1Cc1ccc(-c2ccccc2-c2nnn[nH]2)cc1. The van der Waals surface area contributed by atoms with Crippen molar-refractivity contribution in [3.63, 3.8) is 0 Å². The zero-order valence-corrected chi connectivity index (χ0v) is 18.9. The van der Waals surface area contributed by atoms with E-state index < -0.39 is 28.6 Å². The first-order chi connectivity index (χ1) is 16.9. The lowest BCUT2D eigenvalue weighted by Crippen LogP contribution is -2.32. The van der Waals surface area contributed by atoms with Crippen molar-refractivity contribution < 1.29 is 19.8 Å². The Bertz CT molecular complexity index is 1430. The maximum Gasteiger partial charge on any atom is 0.342 e. The number of H-pyrrole nitrogens is 1. The molecule has 2 heterocycles. The molecule has 4 rings (SSSR count). The van der Waals surface area contributed by atoms with E-state index in [0.717, 1.165) is 35.1 Å². The smallest absolute Gasteiger partial charge is 0.342 e. The van der Waals surface area contributed by atoms with Crippen LogP contribution in [0.15, 0.2) is 59.4 Å². The molecule has 0 aliphatic heterocycles. The Kier molecular flexibility index (Phi) is 6.81. The minimum atomic E-state index is -1.56. The van der Waals surface area contributed by atoms with Crippen LogP contribution in [0.25, 0.3) is 22.5 Å². The van der Waals surface area contributed by atoms with E-state index >= 15 is 0 Å². The molecule has 0 saturated heterocycles. The fourth-order valence-electron chi connectivity index (χ4n) is 4.00. The predicted octanol–water partition coefficient (Wildman–Crippen LogP) is 3.48. The summed E-state index contributed by atoms with van der Waals surface area (Å²) < 4.78 is 1.36. The Morgan fingerprint density at radius 3 is 2.31 bits per heavy atom. The molecule has 4 aromatic rings. The van der Waals surface area contributed by atoms with Crippen molar-refractivity contribution in [2.75, 3.05) is 0 Å². The number of carbonyl (C=O) groups is 2. The normalized spacial score (nSPS) is 10.9. The van der Waals surface area contributed by atoms with Gasteiger partial charge in [0.2, 0.25) is 0 Å². The Morgan fingerprint density at radius 2 is 1.71 bits per heavy atom. The summed E-state index contributed by atoms with van der Waals surface area (Å²) in [7, 11) is 0. The molecule has 3 N–H and O–H groups in total. The monoisotopic (exact) mass is 473 g/mol. The summed E-state index contributed by atoms with van der Waals surface area (Å²) in [6.45, 7) is 2.10. The Morgan fingerprint density at radius 1 is 1.00 bits per heavy atom. The lowest BCUT2D eigenvalue weighted by atomic mass is 9.98. The van der Waals surface area contributed by atoms with E-state index in [1.54, 1.807) is 0 Å². The molecule has 0 atom stereocenters. The lowest BCUT2D eigenvalue weighted by molar-refractivity contribution is 0.0648. The highest BCUT2D eigenvalue weighted by atomic mass is 16.4. The van der Waals surface area contributed by atoms with Gasteiger partial charge < -0.3 is 14.8 Å². The summed E-state index contributed by atoms with van der Waals surface area (Å²) in [5, 5.41) is 33.0. The first kappa shape index (κ1) is 23.6. The third-order valence-corrected chi connectivity index (χ3v) is 5.75. The minimum Gasteiger partial charge on any atom is -0.478 e. The maximum atomic E-state index is 13.1. The molecular formula is C25H23N5O5. The number of nitrogens with zero attached hydrogens (tertiary/aromatic N) is 4. The van der Waals surface area contributed by atoms with Crippen LogP contribution in [0.5, 0.6) is 0 Å². The van der Waals surface area contributed by atoms with Gasteiger partial charge in [0.05, 0.1) is 12.1 Å². The molecule has 0 spiro atoms. The Hall–Kier alpha value is -4.60. The average molecular weight is 473 g/mol. The number of aromatic carboxylic acids is 2. The zero-order valence-electron chi connectivity index (χ0n) is 18.9. The van der Waals surface area contributed by atoms with Crippen LogP contribution in [0.1, 0.15) is 51.7 Å². The highest BCUT2D eigenvalue weighted by Gasteiger charge is 2.24. The second kappa shape index (κ2) is 10.1. The minimum absolute atomic E-state index is 0.117. The number of aryl methyl sites for hydroxylation is 1. The molecule has 0 aliphatic rings. The summed E-state index contributed by atoms with van der Waals surface area (Å²) in [6, 6.07) is 16.5. The topological polar surface area (TPSA) is 151 Å². The number of unbranched alkanes of at least 4 members (excludes halogenated alkanes) is 1. The van der Waals surface area contributed by atoms with Gasteiger partial charge in [0.1, 0.15) is 5.56 Å². The molecule has 2 aromatic carbocycles. The first-order valence-corrected chi connectivity index (χ1v) is 11.1. The Balaban J connectivity index is 1.72. The number of carboxylic acids is 2. The Labute approximate surface area is 199 Å². The standard InChI is InChI=1S/C25H23N5O5/c1-2-3-6-17-13-20(24(32)33)21(25(34)35)23(31)30(17)14-15-9-11-16(12-10-15)18-7-4-5-8-19(18)22-26-28-29-27-22/h4-5,7-13H,2-3,6,14H2,1H3,(H,32,33)(H,34,35)(H,26,27,28,29). The molecular weight excluding hydrogens is 450 g/mol. The molecule has 35 heavy (non-hydrogen) atoms. The van der Waals surface area contributed by atoms with Gasteiger partial charge in [-0.3, -0.25) is 4.79 Å². The van der Waals surface area contributed by atoms with Gasteiger partial charge in [-0.05, 0) is 46.0 Å². The van der Waals surface area contributed by atoms with Gasteiger partial charge in [0.15, 0.2) is 5.82 Å². The van der Waals surface area contributed by atoms with Crippen LogP contribution in [0, 0.1) is 0 Å². The molecule has 0 radical (unpaired) electrons. The number of benzene rings is 2. The highest BCUT2D eigenvalue weighted by Crippen LogP contribution is 2.29. The predicted molar refractivity (Wildman–Crippen MR) is 127 cm³/mol. The molecule has 10 heteroatoms. The van der Waals surface area contributed by atoms with Gasteiger partial charge in [-0.25, -0.2) is 14.7 Å². The van der Waals surface area contributed by atoms with E-state index in [-0.39, 0.29) is 6.54 Å². The number of aromatic nitrogens is 5. The van der Waals surface area contributed by atoms with Crippen LogP contribution in [0.3, 0.4) is 0 Å². The van der Waals surface area contributed by atoms with Crippen molar-refractivity contribution in [2.45, 2.75) is 32.7 Å². The molecule has 2 aromatic heterocycles. The van der Waals surface area contributed by atoms with Crippen molar-refractivity contribution in [3.8, 4) is 22.5 Å². The fourth-order valence-corrected chi connectivity index (χ4v) is 4.00. The molecule has 0 saturated carbocycles. The molecule has 0 fully saturated rings. The molecule has 0 unspecified atom stereocenters. The number of carboxylic acid groups (broad SMARTS) is 2. The lowest BCUT2D eigenvalue weighted by Gasteiger charge is -2.16. The summed E-state index contributed by atoms with van der Waals surface area (Å²) in [5.74, 6) is -2.46. The number of hydrogen-bond acceptors (Lipinski definition) is 6. The van der Waals surface area contributed by atoms with Crippen molar-refractivity contribution >= 4 is 11.9 Å². The van der Waals surface area contributed by atoms with Crippen LogP contribution in [0.2, 0.25) is 0 Å².